The molecule has 2 atom stereocenters. The average Bonchev–Trinajstić information content (AvgIpc) is 2.27. The molecular weight excluding hydrogens is 232 g/mol. The van der Waals surface area contributed by atoms with Crippen LogP contribution in [0.2, 0.25) is 0 Å². The number of carbonyl (C=O) groups excluding carboxylic acids is 2. The highest BCUT2D eigenvalue weighted by molar-refractivity contribution is 5.97. The second-order valence-electron chi connectivity index (χ2n) is 4.44. The van der Waals surface area contributed by atoms with Crippen molar-refractivity contribution in [2.45, 2.75) is 46.3 Å². The Bertz CT molecular complexity index is 344. The van der Waals surface area contributed by atoms with Gasteiger partial charge in [-0.05, 0) is 33.3 Å². The van der Waals surface area contributed by atoms with Gasteiger partial charge in [0.2, 0.25) is 0 Å². The first-order chi connectivity index (χ1) is 8.25. The second kappa shape index (κ2) is 7.82. The number of ether oxygens (including phenoxy) is 2. The van der Waals surface area contributed by atoms with Crippen LogP contribution in [0.1, 0.15) is 34.1 Å². The maximum atomic E-state index is 11.5. The molecule has 0 fully saturated rings. The van der Waals surface area contributed by atoms with Crippen LogP contribution in [-0.2, 0) is 19.1 Å². The van der Waals surface area contributed by atoms with Crippen molar-refractivity contribution in [1.82, 2.24) is 0 Å². The maximum absolute atomic E-state index is 11.5. The summed E-state index contributed by atoms with van der Waals surface area (Å²) >= 11 is 0. The normalized spacial score (nSPS) is 13.6. The van der Waals surface area contributed by atoms with E-state index in [9.17, 15) is 9.59 Å². The molecule has 0 rings (SSSR count). The van der Waals surface area contributed by atoms with Gasteiger partial charge in [-0.3, -0.25) is 4.79 Å². The molecule has 0 aliphatic rings. The largest absolute Gasteiger partial charge is 0.459 e. The summed E-state index contributed by atoms with van der Waals surface area (Å²) in [5, 5.41) is 0. The van der Waals surface area contributed by atoms with Crippen LogP contribution in [-0.4, -0.2) is 30.6 Å². The first-order valence-corrected chi connectivity index (χ1v) is 5.93. The third-order valence-electron chi connectivity index (χ3n) is 2.34. The molecule has 4 heteroatoms. The van der Waals surface area contributed by atoms with Crippen LogP contribution < -0.4 is 0 Å². The fourth-order valence-electron chi connectivity index (χ4n) is 1.18. The first kappa shape index (κ1) is 16.6. The van der Waals surface area contributed by atoms with Gasteiger partial charge in [0.1, 0.15) is 12.2 Å². The number of hydrogen-bond donors (Lipinski definition) is 0. The number of Topliss-reactive ketones (excluding diaryl/α,β-unsaturated/α-hetero) is 1. The van der Waals surface area contributed by atoms with Crippen LogP contribution in [0.15, 0.2) is 24.3 Å². The zero-order chi connectivity index (χ0) is 14.3. The fourth-order valence-corrected chi connectivity index (χ4v) is 1.18. The van der Waals surface area contributed by atoms with Crippen molar-refractivity contribution in [2.24, 2.45) is 0 Å². The van der Waals surface area contributed by atoms with Crippen LogP contribution in [0, 0.1) is 0 Å². The molecule has 0 heterocycles. The minimum Gasteiger partial charge on any atom is -0.459 e. The number of ketones is 1. The van der Waals surface area contributed by atoms with E-state index in [2.05, 4.69) is 13.2 Å². The van der Waals surface area contributed by atoms with Gasteiger partial charge < -0.3 is 9.47 Å². The lowest BCUT2D eigenvalue weighted by Crippen LogP contribution is -2.24. The molecule has 0 aromatic carbocycles. The molecule has 0 amide bonds. The predicted molar refractivity (Wildman–Crippen MR) is 70.2 cm³/mol. The Morgan fingerprint density at radius 1 is 1.11 bits per heavy atom. The lowest BCUT2D eigenvalue weighted by Gasteiger charge is -2.15. The molecule has 0 spiro atoms. The van der Waals surface area contributed by atoms with Gasteiger partial charge >= 0.3 is 5.97 Å². The minimum absolute atomic E-state index is 0.110. The quantitative estimate of drug-likeness (QED) is 0.493. The van der Waals surface area contributed by atoms with Crippen LogP contribution in [0.4, 0.5) is 0 Å². The van der Waals surface area contributed by atoms with Gasteiger partial charge in [0.25, 0.3) is 0 Å². The van der Waals surface area contributed by atoms with Crippen LogP contribution in [0.5, 0.6) is 0 Å². The fraction of sp³-hybridized carbons (Fsp3) is 0.571. The van der Waals surface area contributed by atoms with E-state index in [1.807, 2.05) is 0 Å². The smallest absolute Gasteiger partial charge is 0.333 e. The molecule has 18 heavy (non-hydrogen) atoms. The zero-order valence-corrected chi connectivity index (χ0v) is 11.6. The number of carbonyl (C=O) groups is 2. The van der Waals surface area contributed by atoms with E-state index >= 15 is 0 Å². The monoisotopic (exact) mass is 254 g/mol. The van der Waals surface area contributed by atoms with E-state index in [1.165, 1.54) is 0 Å². The lowest BCUT2D eigenvalue weighted by atomic mass is 10.1. The van der Waals surface area contributed by atoms with Crippen LogP contribution in [0.3, 0.4) is 0 Å². The van der Waals surface area contributed by atoms with E-state index < -0.39 is 12.1 Å². The molecule has 0 aromatic rings. The van der Waals surface area contributed by atoms with E-state index in [0.29, 0.717) is 24.2 Å². The summed E-state index contributed by atoms with van der Waals surface area (Å²) < 4.78 is 10.4. The van der Waals surface area contributed by atoms with Crippen molar-refractivity contribution in [3.63, 3.8) is 0 Å². The summed E-state index contributed by atoms with van der Waals surface area (Å²) in [5.74, 6) is -0.518. The molecule has 0 N–H and O–H groups in total. The summed E-state index contributed by atoms with van der Waals surface area (Å²) in [4.78, 5) is 22.7. The summed E-state index contributed by atoms with van der Waals surface area (Å²) in [7, 11) is 0. The molecule has 0 radical (unpaired) electrons. The third-order valence-corrected chi connectivity index (χ3v) is 2.34. The standard InChI is InChI=1S/C14H22O4/c1-9(2)13(15)12(6)17-8-7-11(5)18-14(16)10(3)4/h11-12H,1,3,7-8H2,2,4-6H3. The SMILES string of the molecule is C=C(C)C(=O)OC(C)CCOC(C)C(=O)C(=C)C. The number of esters is 1. The zero-order valence-electron chi connectivity index (χ0n) is 11.6. The Hall–Kier alpha value is -1.42. The second-order valence-corrected chi connectivity index (χ2v) is 4.44. The third kappa shape index (κ3) is 6.35. The van der Waals surface area contributed by atoms with E-state index in [4.69, 9.17) is 9.47 Å². The average molecular weight is 254 g/mol. The highest BCUT2D eigenvalue weighted by Crippen LogP contribution is 2.05. The first-order valence-electron chi connectivity index (χ1n) is 5.93. The van der Waals surface area contributed by atoms with Crippen molar-refractivity contribution in [3.8, 4) is 0 Å². The molecule has 2 unspecified atom stereocenters. The molecule has 0 saturated heterocycles. The Labute approximate surface area is 109 Å². The number of hydrogen-bond acceptors (Lipinski definition) is 4. The molecular formula is C14H22O4. The van der Waals surface area contributed by atoms with Gasteiger partial charge in [0.05, 0.1) is 6.61 Å². The van der Waals surface area contributed by atoms with Crippen molar-refractivity contribution >= 4 is 11.8 Å². The Morgan fingerprint density at radius 2 is 1.67 bits per heavy atom. The molecule has 0 saturated carbocycles. The summed E-state index contributed by atoms with van der Waals surface area (Å²) in [5.41, 5.74) is 0.845. The summed E-state index contributed by atoms with van der Waals surface area (Å²) in [6, 6.07) is 0. The van der Waals surface area contributed by atoms with E-state index in [-0.39, 0.29) is 11.9 Å². The maximum Gasteiger partial charge on any atom is 0.333 e. The number of rotatable bonds is 8. The molecule has 0 aromatic heterocycles. The van der Waals surface area contributed by atoms with Gasteiger partial charge in [-0.15, -0.1) is 0 Å². The van der Waals surface area contributed by atoms with Gasteiger partial charge in [-0.25, -0.2) is 4.79 Å². The van der Waals surface area contributed by atoms with E-state index in [1.54, 1.807) is 27.7 Å². The van der Waals surface area contributed by atoms with Crippen molar-refractivity contribution in [2.75, 3.05) is 6.61 Å². The Balaban J connectivity index is 3.91. The van der Waals surface area contributed by atoms with Crippen molar-refractivity contribution in [1.29, 1.82) is 0 Å². The van der Waals surface area contributed by atoms with Gasteiger partial charge in [0.15, 0.2) is 5.78 Å². The summed E-state index contributed by atoms with van der Waals surface area (Å²) in [6.45, 7) is 14.1. The lowest BCUT2D eigenvalue weighted by molar-refractivity contribution is -0.144. The molecule has 0 aliphatic heterocycles. The van der Waals surface area contributed by atoms with Crippen molar-refractivity contribution < 1.29 is 19.1 Å². The van der Waals surface area contributed by atoms with E-state index in [0.717, 1.165) is 0 Å². The van der Waals surface area contributed by atoms with Gasteiger partial charge in [-0.2, -0.15) is 0 Å². The molecule has 102 valence electrons. The topological polar surface area (TPSA) is 52.6 Å². The summed E-state index contributed by atoms with van der Waals surface area (Å²) in [6.07, 6.45) is -0.236. The van der Waals surface area contributed by atoms with Gasteiger partial charge in [-0.1, -0.05) is 13.2 Å². The van der Waals surface area contributed by atoms with Crippen LogP contribution in [0.25, 0.3) is 0 Å². The van der Waals surface area contributed by atoms with Crippen molar-refractivity contribution in [3.05, 3.63) is 24.3 Å². The van der Waals surface area contributed by atoms with Crippen LogP contribution >= 0.6 is 0 Å². The highest BCUT2D eigenvalue weighted by atomic mass is 16.5. The molecule has 0 aliphatic carbocycles. The predicted octanol–water partition coefficient (Wildman–Crippen LogP) is 2.43. The highest BCUT2D eigenvalue weighted by Gasteiger charge is 2.15. The minimum atomic E-state index is -0.508. The molecule has 0 bridgehead atoms. The molecule has 4 nitrogen and oxygen atoms in total. The van der Waals surface area contributed by atoms with Gasteiger partial charge in [0, 0.05) is 12.0 Å². The Kier molecular flexibility index (Phi) is 7.20. The Morgan fingerprint density at radius 3 is 2.11 bits per heavy atom.